The molecule has 118 valence electrons. The van der Waals surface area contributed by atoms with Gasteiger partial charge in [0.25, 0.3) is 0 Å². The molecular formula is C14H14N6O2S. The zero-order valence-corrected chi connectivity index (χ0v) is 13.3. The van der Waals surface area contributed by atoms with Crippen LogP contribution in [0.15, 0.2) is 43.8 Å². The van der Waals surface area contributed by atoms with E-state index in [9.17, 15) is 4.79 Å². The standard InChI is InChI=1S/C14H14N6O2S/c1-3-20-12(17-18-14(20)23)9-4-6-10(7-5-9)15-16-11-8(2)19-22-13(11)21/h4-7,19H,3H2,1-2H3,(H,18,23). The smallest absolute Gasteiger partial charge is 0.336 e. The van der Waals surface area contributed by atoms with E-state index in [0.29, 0.717) is 16.2 Å². The van der Waals surface area contributed by atoms with E-state index in [2.05, 4.69) is 30.1 Å². The summed E-state index contributed by atoms with van der Waals surface area (Å²) >= 11 is 5.18. The molecule has 0 saturated heterocycles. The van der Waals surface area contributed by atoms with Gasteiger partial charge >= 0.3 is 5.63 Å². The normalized spacial score (nSPS) is 11.4. The van der Waals surface area contributed by atoms with E-state index in [0.717, 1.165) is 17.9 Å². The Bertz CT molecular complexity index is 960. The topological polar surface area (TPSA) is 104 Å². The molecule has 0 fully saturated rings. The maximum absolute atomic E-state index is 11.4. The van der Waals surface area contributed by atoms with E-state index >= 15 is 0 Å². The Morgan fingerprint density at radius 3 is 2.65 bits per heavy atom. The zero-order chi connectivity index (χ0) is 16.4. The van der Waals surface area contributed by atoms with Crippen LogP contribution >= 0.6 is 12.2 Å². The molecule has 0 unspecified atom stereocenters. The first kappa shape index (κ1) is 15.1. The number of hydrogen-bond acceptors (Lipinski definition) is 6. The van der Waals surface area contributed by atoms with Gasteiger partial charge < -0.3 is 9.09 Å². The van der Waals surface area contributed by atoms with Gasteiger partial charge in [0.2, 0.25) is 0 Å². The summed E-state index contributed by atoms with van der Waals surface area (Å²) in [6.07, 6.45) is 0. The SMILES string of the molecule is CCn1c(-c2ccc(N=Nc3c(C)[nH]oc3=O)cc2)n[nH]c1=S. The second-order valence-corrected chi connectivity index (χ2v) is 5.20. The molecule has 1 aromatic carbocycles. The number of nitrogens with one attached hydrogen (secondary N) is 2. The molecule has 0 radical (unpaired) electrons. The monoisotopic (exact) mass is 330 g/mol. The summed E-state index contributed by atoms with van der Waals surface area (Å²) in [5, 5.41) is 17.4. The Morgan fingerprint density at radius 1 is 1.30 bits per heavy atom. The van der Waals surface area contributed by atoms with Crippen LogP contribution in [0.1, 0.15) is 12.6 Å². The van der Waals surface area contributed by atoms with Gasteiger partial charge in [-0.3, -0.25) is 5.10 Å². The second-order valence-electron chi connectivity index (χ2n) is 4.81. The number of H-pyrrole nitrogens is 2. The van der Waals surface area contributed by atoms with Crippen molar-refractivity contribution in [2.24, 2.45) is 10.2 Å². The molecule has 2 heterocycles. The van der Waals surface area contributed by atoms with Crippen LogP contribution in [0.4, 0.5) is 11.4 Å². The highest BCUT2D eigenvalue weighted by atomic mass is 32.1. The molecule has 8 nitrogen and oxygen atoms in total. The minimum atomic E-state index is -0.540. The molecule has 0 atom stereocenters. The molecule has 3 aromatic rings. The molecule has 2 aromatic heterocycles. The maximum Gasteiger partial charge on any atom is 0.384 e. The maximum atomic E-state index is 11.4. The van der Waals surface area contributed by atoms with Crippen LogP contribution in [0.5, 0.6) is 0 Å². The minimum Gasteiger partial charge on any atom is -0.336 e. The third-order valence-electron chi connectivity index (χ3n) is 3.31. The number of azo groups is 1. The molecule has 0 aliphatic carbocycles. The average molecular weight is 330 g/mol. The van der Waals surface area contributed by atoms with Crippen LogP contribution in [-0.4, -0.2) is 19.9 Å². The van der Waals surface area contributed by atoms with Gasteiger partial charge in [0.05, 0.1) is 11.4 Å². The molecule has 9 heteroatoms. The molecule has 23 heavy (non-hydrogen) atoms. The third-order valence-corrected chi connectivity index (χ3v) is 3.62. The first-order valence-electron chi connectivity index (χ1n) is 6.95. The highest BCUT2D eigenvalue weighted by molar-refractivity contribution is 7.71. The Morgan fingerprint density at radius 2 is 2.04 bits per heavy atom. The van der Waals surface area contributed by atoms with E-state index in [-0.39, 0.29) is 5.69 Å². The molecule has 0 spiro atoms. The molecule has 0 aliphatic rings. The van der Waals surface area contributed by atoms with Gasteiger partial charge in [-0.05, 0) is 50.3 Å². The largest absolute Gasteiger partial charge is 0.384 e. The zero-order valence-electron chi connectivity index (χ0n) is 12.5. The van der Waals surface area contributed by atoms with E-state index < -0.39 is 5.63 Å². The quantitative estimate of drug-likeness (QED) is 0.563. The lowest BCUT2D eigenvalue weighted by Gasteiger charge is -2.03. The Kier molecular flexibility index (Phi) is 4.02. The first-order chi connectivity index (χ1) is 11.1. The number of benzene rings is 1. The van der Waals surface area contributed by atoms with Gasteiger partial charge in [0.1, 0.15) is 0 Å². The fourth-order valence-corrected chi connectivity index (χ4v) is 2.37. The first-order valence-corrected chi connectivity index (χ1v) is 7.36. The molecular weight excluding hydrogens is 316 g/mol. The van der Waals surface area contributed by atoms with Crippen LogP contribution in [-0.2, 0) is 6.54 Å². The average Bonchev–Trinajstić information content (AvgIpc) is 3.08. The van der Waals surface area contributed by atoms with E-state index in [4.69, 9.17) is 12.2 Å². The summed E-state index contributed by atoms with van der Waals surface area (Å²) < 4.78 is 7.12. The highest BCUT2D eigenvalue weighted by Crippen LogP contribution is 2.23. The lowest BCUT2D eigenvalue weighted by atomic mass is 10.2. The van der Waals surface area contributed by atoms with Crippen LogP contribution < -0.4 is 5.63 Å². The third kappa shape index (κ3) is 2.90. The number of aromatic amines is 2. The molecule has 3 rings (SSSR count). The van der Waals surface area contributed by atoms with E-state index in [1.165, 1.54) is 0 Å². The fourth-order valence-electron chi connectivity index (χ4n) is 2.10. The highest BCUT2D eigenvalue weighted by Gasteiger charge is 2.08. The van der Waals surface area contributed by atoms with Gasteiger partial charge in [-0.15, -0.1) is 5.11 Å². The number of aromatic nitrogens is 4. The van der Waals surface area contributed by atoms with E-state index in [1.54, 1.807) is 19.1 Å². The summed E-state index contributed by atoms with van der Waals surface area (Å²) in [6, 6.07) is 7.33. The predicted octanol–water partition coefficient (Wildman–Crippen LogP) is 3.63. The van der Waals surface area contributed by atoms with Crippen molar-refractivity contribution in [1.82, 2.24) is 19.9 Å². The van der Waals surface area contributed by atoms with Gasteiger partial charge in [0.15, 0.2) is 16.3 Å². The molecule has 0 aliphatic heterocycles. The van der Waals surface area contributed by atoms with Gasteiger partial charge in [0, 0.05) is 12.1 Å². The van der Waals surface area contributed by atoms with Crippen LogP contribution in [0, 0.1) is 11.7 Å². The lowest BCUT2D eigenvalue weighted by molar-refractivity contribution is 0.388. The van der Waals surface area contributed by atoms with Crippen molar-refractivity contribution in [2.45, 2.75) is 20.4 Å². The lowest BCUT2D eigenvalue weighted by Crippen LogP contribution is -1.97. The van der Waals surface area contributed by atoms with E-state index in [1.807, 2.05) is 23.6 Å². The number of aryl methyl sites for hydroxylation is 1. The van der Waals surface area contributed by atoms with Crippen molar-refractivity contribution < 1.29 is 4.52 Å². The summed E-state index contributed by atoms with van der Waals surface area (Å²) in [6.45, 7) is 4.42. The van der Waals surface area contributed by atoms with Crippen molar-refractivity contribution in [3.8, 4) is 11.4 Å². The molecule has 2 N–H and O–H groups in total. The Balaban J connectivity index is 1.88. The summed E-state index contributed by atoms with van der Waals surface area (Å²) in [5.41, 5.74) is 1.69. The summed E-state index contributed by atoms with van der Waals surface area (Å²) in [7, 11) is 0. The van der Waals surface area contributed by atoms with Gasteiger partial charge in [-0.25, -0.2) is 9.95 Å². The van der Waals surface area contributed by atoms with Crippen LogP contribution in [0.3, 0.4) is 0 Å². The van der Waals surface area contributed by atoms with Crippen molar-refractivity contribution >= 4 is 23.6 Å². The number of nitrogens with zero attached hydrogens (tertiary/aromatic N) is 4. The minimum absolute atomic E-state index is 0.168. The van der Waals surface area contributed by atoms with Crippen molar-refractivity contribution in [1.29, 1.82) is 0 Å². The number of rotatable bonds is 4. The molecule has 0 saturated carbocycles. The van der Waals surface area contributed by atoms with Crippen molar-refractivity contribution in [2.75, 3.05) is 0 Å². The van der Waals surface area contributed by atoms with Gasteiger partial charge in [-0.1, -0.05) is 0 Å². The Hall–Kier alpha value is -2.81. The predicted molar refractivity (Wildman–Crippen MR) is 86.8 cm³/mol. The van der Waals surface area contributed by atoms with Crippen molar-refractivity contribution in [3.05, 3.63) is 45.2 Å². The molecule has 0 amide bonds. The van der Waals surface area contributed by atoms with Crippen LogP contribution in [0.2, 0.25) is 0 Å². The van der Waals surface area contributed by atoms with Crippen molar-refractivity contribution in [3.63, 3.8) is 0 Å². The Labute approximate surface area is 135 Å². The molecule has 0 bridgehead atoms. The summed E-state index contributed by atoms with van der Waals surface area (Å²) in [4.78, 5) is 11.4. The van der Waals surface area contributed by atoms with Gasteiger partial charge in [-0.2, -0.15) is 10.2 Å². The summed E-state index contributed by atoms with van der Waals surface area (Å²) in [5.74, 6) is 0.767. The number of hydrogen-bond donors (Lipinski definition) is 2. The second kappa shape index (κ2) is 6.13. The fraction of sp³-hybridized carbons (Fsp3) is 0.214. The van der Waals surface area contributed by atoms with Crippen LogP contribution in [0.25, 0.3) is 11.4 Å².